The number of carbonyl (C=O) groups is 2. The summed E-state index contributed by atoms with van der Waals surface area (Å²) in [4.78, 5) is 35.9. The number of fused-ring (bicyclic) bond motifs is 1. The van der Waals surface area contributed by atoms with E-state index in [0.717, 1.165) is 5.56 Å². The predicted octanol–water partition coefficient (Wildman–Crippen LogP) is 3.25. The Balaban J connectivity index is 1.88. The summed E-state index contributed by atoms with van der Waals surface area (Å²) in [5.41, 5.74) is 2.82. The van der Waals surface area contributed by atoms with Gasteiger partial charge >= 0.3 is 0 Å². The maximum atomic E-state index is 12.9. The lowest BCUT2D eigenvalue weighted by Gasteiger charge is -2.19. The summed E-state index contributed by atoms with van der Waals surface area (Å²) in [6.45, 7) is 3.68. The van der Waals surface area contributed by atoms with Crippen molar-refractivity contribution in [1.29, 1.82) is 0 Å². The molecular formula is C23H21N3O4. The molecule has 1 aliphatic heterocycles. The van der Waals surface area contributed by atoms with E-state index in [0.29, 0.717) is 40.8 Å². The molecule has 0 bridgehead atoms. The Morgan fingerprint density at radius 1 is 1.13 bits per heavy atom. The van der Waals surface area contributed by atoms with Gasteiger partial charge in [-0.3, -0.25) is 14.5 Å². The van der Waals surface area contributed by atoms with Crippen LogP contribution in [0.3, 0.4) is 0 Å². The van der Waals surface area contributed by atoms with Crippen molar-refractivity contribution >= 4 is 23.2 Å². The van der Waals surface area contributed by atoms with Crippen molar-refractivity contribution in [3.63, 3.8) is 0 Å². The molecule has 0 saturated heterocycles. The third kappa shape index (κ3) is 3.44. The van der Waals surface area contributed by atoms with Gasteiger partial charge in [0.15, 0.2) is 5.82 Å². The zero-order valence-electron chi connectivity index (χ0n) is 16.8. The lowest BCUT2D eigenvalue weighted by molar-refractivity contribution is -0.116. The van der Waals surface area contributed by atoms with Gasteiger partial charge in [0.25, 0.3) is 0 Å². The zero-order chi connectivity index (χ0) is 21.3. The molecule has 0 spiro atoms. The molecule has 0 atom stereocenters. The van der Waals surface area contributed by atoms with Gasteiger partial charge in [0, 0.05) is 11.1 Å². The van der Waals surface area contributed by atoms with Crippen LogP contribution in [0.15, 0.2) is 48.5 Å². The van der Waals surface area contributed by atoms with Crippen molar-refractivity contribution in [3.8, 4) is 17.1 Å². The molecule has 2 heterocycles. The molecule has 3 aromatic rings. The molecular weight excluding hydrogens is 382 g/mol. The van der Waals surface area contributed by atoms with Crippen molar-refractivity contribution in [2.75, 3.05) is 18.1 Å². The number of rotatable bonds is 6. The van der Waals surface area contributed by atoms with Gasteiger partial charge in [-0.15, -0.1) is 0 Å². The van der Waals surface area contributed by atoms with Crippen molar-refractivity contribution < 1.29 is 19.4 Å². The van der Waals surface area contributed by atoms with Crippen LogP contribution in [-0.4, -0.2) is 40.0 Å². The molecule has 0 unspecified atom stereocenters. The van der Waals surface area contributed by atoms with Crippen LogP contribution in [0, 0.1) is 6.92 Å². The molecule has 0 fully saturated rings. The molecule has 7 heteroatoms. The van der Waals surface area contributed by atoms with Gasteiger partial charge in [-0.25, -0.2) is 9.97 Å². The van der Waals surface area contributed by atoms with E-state index in [1.807, 2.05) is 38.1 Å². The number of aryl methyl sites for hydroxylation is 1. The monoisotopic (exact) mass is 403 g/mol. The lowest BCUT2D eigenvalue weighted by Crippen LogP contribution is -2.22. The Kier molecular flexibility index (Phi) is 5.29. The van der Waals surface area contributed by atoms with Crippen LogP contribution in [-0.2, 0) is 11.2 Å². The first-order valence-electron chi connectivity index (χ1n) is 9.70. The largest absolute Gasteiger partial charge is 0.494 e. The Hall–Kier alpha value is -3.58. The third-order valence-electron chi connectivity index (χ3n) is 4.96. The van der Waals surface area contributed by atoms with E-state index in [4.69, 9.17) is 4.74 Å². The van der Waals surface area contributed by atoms with Gasteiger partial charge < -0.3 is 9.84 Å². The summed E-state index contributed by atoms with van der Waals surface area (Å²) in [5, 5.41) is 9.44. The average molecular weight is 403 g/mol. The molecule has 1 amide bonds. The second kappa shape index (κ2) is 8.04. The molecule has 2 aromatic carbocycles. The van der Waals surface area contributed by atoms with Crippen molar-refractivity contribution in [2.24, 2.45) is 0 Å². The van der Waals surface area contributed by atoms with Crippen LogP contribution in [0.25, 0.3) is 11.4 Å². The highest BCUT2D eigenvalue weighted by atomic mass is 16.5. The minimum atomic E-state index is -0.690. The molecule has 30 heavy (non-hydrogen) atoms. The standard InChI is InChI=1S/C23H21N3O4/c1-3-30-16-10-8-15(9-11-16)22-24-21(19(28)13-27)17-12-20(29)26(23(17)25-22)18-7-5-4-6-14(18)2/h4-11,27H,3,12-13H2,1-2H3. The van der Waals surface area contributed by atoms with Gasteiger partial charge in [0.2, 0.25) is 11.7 Å². The van der Waals surface area contributed by atoms with Crippen molar-refractivity contribution in [1.82, 2.24) is 9.97 Å². The summed E-state index contributed by atoms with van der Waals surface area (Å²) >= 11 is 0. The highest BCUT2D eigenvalue weighted by Gasteiger charge is 2.35. The summed E-state index contributed by atoms with van der Waals surface area (Å²) in [6.07, 6.45) is 0.00823. The molecule has 1 aromatic heterocycles. The topological polar surface area (TPSA) is 92.6 Å². The van der Waals surface area contributed by atoms with E-state index in [9.17, 15) is 14.7 Å². The number of anilines is 2. The number of Topliss-reactive ketones (excluding diaryl/α,β-unsaturated/α-hetero) is 1. The smallest absolute Gasteiger partial charge is 0.237 e. The number of aliphatic hydroxyl groups excluding tert-OH is 1. The zero-order valence-corrected chi connectivity index (χ0v) is 16.8. The molecule has 4 rings (SSSR count). The predicted molar refractivity (Wildman–Crippen MR) is 112 cm³/mol. The fraction of sp³-hybridized carbons (Fsp3) is 0.217. The summed E-state index contributed by atoms with van der Waals surface area (Å²) in [6, 6.07) is 14.7. The average Bonchev–Trinajstić information content (AvgIpc) is 3.09. The van der Waals surface area contributed by atoms with Crippen LogP contribution in [0.4, 0.5) is 11.5 Å². The van der Waals surface area contributed by atoms with Gasteiger partial charge in [-0.1, -0.05) is 18.2 Å². The molecule has 1 aliphatic rings. The van der Waals surface area contributed by atoms with Crippen LogP contribution in [0.5, 0.6) is 5.75 Å². The number of aromatic nitrogens is 2. The molecule has 1 N–H and O–H groups in total. The highest BCUT2D eigenvalue weighted by Crippen LogP contribution is 2.38. The fourth-order valence-corrected chi connectivity index (χ4v) is 3.53. The maximum absolute atomic E-state index is 12.9. The number of hydrogen-bond donors (Lipinski definition) is 1. The molecule has 7 nitrogen and oxygen atoms in total. The van der Waals surface area contributed by atoms with Crippen molar-refractivity contribution in [3.05, 3.63) is 65.4 Å². The number of ketones is 1. The summed E-state index contributed by atoms with van der Waals surface area (Å²) in [5.74, 6) is 0.669. The SMILES string of the molecule is CCOc1ccc(-c2nc(C(=O)CO)c3c(n2)N(c2ccccc2C)C(=O)C3)cc1. The Morgan fingerprint density at radius 3 is 2.53 bits per heavy atom. The Morgan fingerprint density at radius 2 is 1.87 bits per heavy atom. The molecule has 152 valence electrons. The number of ether oxygens (including phenoxy) is 1. The quantitative estimate of drug-likeness (QED) is 0.635. The summed E-state index contributed by atoms with van der Waals surface area (Å²) < 4.78 is 5.47. The molecule has 0 saturated carbocycles. The number of aliphatic hydroxyl groups is 1. The number of hydrogen-bond acceptors (Lipinski definition) is 6. The van der Waals surface area contributed by atoms with Gasteiger partial charge in [-0.2, -0.15) is 0 Å². The number of benzene rings is 2. The number of para-hydroxylation sites is 1. The van der Waals surface area contributed by atoms with Gasteiger partial charge in [0.05, 0.1) is 18.7 Å². The first-order valence-corrected chi connectivity index (χ1v) is 9.70. The van der Waals surface area contributed by atoms with E-state index in [1.165, 1.54) is 4.90 Å². The van der Waals surface area contributed by atoms with E-state index in [2.05, 4.69) is 9.97 Å². The van der Waals surface area contributed by atoms with Crippen LogP contribution in [0.2, 0.25) is 0 Å². The normalized spacial score (nSPS) is 12.8. The van der Waals surface area contributed by atoms with E-state index in [1.54, 1.807) is 24.3 Å². The van der Waals surface area contributed by atoms with Gasteiger partial charge in [-0.05, 0) is 49.7 Å². The maximum Gasteiger partial charge on any atom is 0.237 e. The molecule has 0 radical (unpaired) electrons. The number of carbonyl (C=O) groups excluding carboxylic acids is 2. The minimum Gasteiger partial charge on any atom is -0.494 e. The first-order chi connectivity index (χ1) is 14.5. The highest BCUT2D eigenvalue weighted by molar-refractivity contribution is 6.10. The van der Waals surface area contributed by atoms with E-state index in [-0.39, 0.29) is 18.0 Å². The second-order valence-electron chi connectivity index (χ2n) is 6.93. The van der Waals surface area contributed by atoms with E-state index >= 15 is 0 Å². The van der Waals surface area contributed by atoms with Crippen LogP contribution < -0.4 is 9.64 Å². The fourth-order valence-electron chi connectivity index (χ4n) is 3.53. The van der Waals surface area contributed by atoms with Gasteiger partial charge in [0.1, 0.15) is 23.9 Å². The Labute approximate surface area is 174 Å². The number of amides is 1. The lowest BCUT2D eigenvalue weighted by atomic mass is 10.1. The third-order valence-corrected chi connectivity index (χ3v) is 4.96. The van der Waals surface area contributed by atoms with Crippen molar-refractivity contribution in [2.45, 2.75) is 20.3 Å². The van der Waals surface area contributed by atoms with E-state index < -0.39 is 12.4 Å². The Bertz CT molecular complexity index is 1130. The summed E-state index contributed by atoms with van der Waals surface area (Å²) in [7, 11) is 0. The minimum absolute atomic E-state index is 0.00823. The number of nitrogens with zero attached hydrogens (tertiary/aromatic N) is 3. The second-order valence-corrected chi connectivity index (χ2v) is 6.93. The molecule has 0 aliphatic carbocycles. The first kappa shape index (κ1) is 19.7. The van der Waals surface area contributed by atoms with Crippen LogP contribution >= 0.6 is 0 Å². The van der Waals surface area contributed by atoms with Crippen LogP contribution in [0.1, 0.15) is 28.5 Å².